The number of hydrogen-bond acceptors (Lipinski definition) is 6. The minimum absolute atomic E-state index is 0.477. The molecule has 0 saturated heterocycles. The molecular formula is C25H31N3O3. The van der Waals surface area contributed by atoms with Gasteiger partial charge < -0.3 is 14.0 Å². The van der Waals surface area contributed by atoms with Crippen LogP contribution in [0.4, 0.5) is 0 Å². The molecule has 31 heavy (non-hydrogen) atoms. The summed E-state index contributed by atoms with van der Waals surface area (Å²) in [4.78, 5) is 9.37. The van der Waals surface area contributed by atoms with Crippen molar-refractivity contribution in [1.82, 2.24) is 15.1 Å². The van der Waals surface area contributed by atoms with Crippen molar-refractivity contribution < 1.29 is 14.0 Å². The van der Waals surface area contributed by atoms with Gasteiger partial charge in [0, 0.05) is 28.8 Å². The monoisotopic (exact) mass is 421 g/mol. The number of aromatic nitrogens is 3. The van der Waals surface area contributed by atoms with Gasteiger partial charge in [-0.15, -0.1) is 0 Å². The maximum Gasteiger partial charge on any atom is 0.258 e. The lowest BCUT2D eigenvalue weighted by molar-refractivity contribution is 0.312. The Hall–Kier alpha value is -2.89. The normalized spacial score (nSPS) is 14.2. The molecule has 2 aromatic heterocycles. The Morgan fingerprint density at radius 3 is 2.55 bits per heavy atom. The fourth-order valence-corrected chi connectivity index (χ4v) is 4.29. The number of hydrogen-bond donors (Lipinski definition) is 0. The van der Waals surface area contributed by atoms with Crippen LogP contribution in [0.5, 0.6) is 11.6 Å². The molecule has 0 unspecified atom stereocenters. The van der Waals surface area contributed by atoms with Gasteiger partial charge >= 0.3 is 0 Å². The molecular weight excluding hydrogens is 390 g/mol. The van der Waals surface area contributed by atoms with Gasteiger partial charge in [0.2, 0.25) is 11.7 Å². The summed E-state index contributed by atoms with van der Waals surface area (Å²) in [5, 5.41) is 4.26. The van der Waals surface area contributed by atoms with Gasteiger partial charge in [0.1, 0.15) is 5.75 Å². The Labute approximate surface area is 184 Å². The average molecular weight is 422 g/mol. The Bertz CT molecular complexity index is 1040. The molecule has 2 heterocycles. The molecule has 164 valence electrons. The summed E-state index contributed by atoms with van der Waals surface area (Å²) in [7, 11) is 1.64. The van der Waals surface area contributed by atoms with E-state index in [1.807, 2.05) is 6.07 Å². The van der Waals surface area contributed by atoms with Crippen LogP contribution in [-0.2, 0) is 6.42 Å². The summed E-state index contributed by atoms with van der Waals surface area (Å²) in [6.07, 6.45) is 6.70. The maximum absolute atomic E-state index is 5.97. The first-order valence-corrected chi connectivity index (χ1v) is 11.3. The van der Waals surface area contributed by atoms with E-state index in [0.29, 0.717) is 30.1 Å². The standard InChI is InChI=1S/C25H31N3O3/c1-5-11-30-23-16(3)12-20(13-17(23)6-2)25-27-24(28-31-25)19-14-21(18-9-7-8-10-18)26-22(15-19)29-4/h12-15,18H,5-11H2,1-4H3. The molecule has 0 N–H and O–H groups in total. The molecule has 0 bridgehead atoms. The highest BCUT2D eigenvalue weighted by Crippen LogP contribution is 2.36. The van der Waals surface area contributed by atoms with Crippen LogP contribution in [0.1, 0.15) is 68.7 Å². The van der Waals surface area contributed by atoms with Crippen molar-refractivity contribution in [2.24, 2.45) is 0 Å². The lowest BCUT2D eigenvalue weighted by Gasteiger charge is -2.14. The average Bonchev–Trinajstić information content (AvgIpc) is 3.50. The topological polar surface area (TPSA) is 70.3 Å². The van der Waals surface area contributed by atoms with Crippen molar-refractivity contribution in [3.63, 3.8) is 0 Å². The van der Waals surface area contributed by atoms with Crippen LogP contribution in [0.2, 0.25) is 0 Å². The molecule has 0 aliphatic heterocycles. The van der Waals surface area contributed by atoms with Crippen molar-refractivity contribution in [1.29, 1.82) is 0 Å². The summed E-state index contributed by atoms with van der Waals surface area (Å²) in [6, 6.07) is 8.10. The molecule has 1 aromatic carbocycles. The van der Waals surface area contributed by atoms with Gasteiger partial charge in [-0.2, -0.15) is 4.98 Å². The highest BCUT2D eigenvalue weighted by molar-refractivity contribution is 5.64. The molecule has 0 radical (unpaired) electrons. The highest BCUT2D eigenvalue weighted by Gasteiger charge is 2.22. The minimum Gasteiger partial charge on any atom is -0.493 e. The fraction of sp³-hybridized carbons (Fsp3) is 0.480. The fourth-order valence-electron chi connectivity index (χ4n) is 4.29. The third kappa shape index (κ3) is 4.58. The number of methoxy groups -OCH3 is 1. The molecule has 1 aliphatic carbocycles. The molecule has 1 saturated carbocycles. The minimum atomic E-state index is 0.477. The van der Waals surface area contributed by atoms with Crippen LogP contribution in [0.15, 0.2) is 28.8 Å². The van der Waals surface area contributed by atoms with Gasteiger partial charge in [-0.1, -0.05) is 31.8 Å². The molecule has 1 aliphatic rings. The first-order valence-electron chi connectivity index (χ1n) is 11.3. The van der Waals surface area contributed by atoms with Crippen LogP contribution in [0.25, 0.3) is 22.8 Å². The molecule has 6 heteroatoms. The molecule has 3 aromatic rings. The summed E-state index contributed by atoms with van der Waals surface area (Å²) < 4.78 is 17.1. The van der Waals surface area contributed by atoms with Crippen LogP contribution in [-0.4, -0.2) is 28.8 Å². The second-order valence-electron chi connectivity index (χ2n) is 8.21. The predicted octanol–water partition coefficient (Wildman–Crippen LogP) is 6.12. The second-order valence-corrected chi connectivity index (χ2v) is 8.21. The summed E-state index contributed by atoms with van der Waals surface area (Å²) in [6.45, 7) is 7.02. The summed E-state index contributed by atoms with van der Waals surface area (Å²) >= 11 is 0. The van der Waals surface area contributed by atoms with E-state index in [1.165, 1.54) is 25.7 Å². The Morgan fingerprint density at radius 1 is 1.03 bits per heavy atom. The first-order chi connectivity index (χ1) is 15.1. The van der Waals surface area contributed by atoms with Gasteiger partial charge in [0.25, 0.3) is 5.89 Å². The highest BCUT2D eigenvalue weighted by atomic mass is 16.5. The van der Waals surface area contributed by atoms with Gasteiger partial charge in [-0.3, -0.25) is 0 Å². The largest absolute Gasteiger partial charge is 0.493 e. The van der Waals surface area contributed by atoms with E-state index in [-0.39, 0.29) is 0 Å². The van der Waals surface area contributed by atoms with Crippen molar-refractivity contribution in [2.45, 2.75) is 65.2 Å². The molecule has 1 fully saturated rings. The zero-order chi connectivity index (χ0) is 21.8. The molecule has 0 spiro atoms. The first kappa shape index (κ1) is 21.3. The Morgan fingerprint density at radius 2 is 1.84 bits per heavy atom. The zero-order valence-electron chi connectivity index (χ0n) is 18.9. The van der Waals surface area contributed by atoms with E-state index in [9.17, 15) is 0 Å². The van der Waals surface area contributed by atoms with E-state index in [1.54, 1.807) is 7.11 Å². The SMILES string of the molecule is CCCOc1c(C)cc(-c2nc(-c3cc(OC)nc(C4CCCC4)c3)no2)cc1CC. The number of rotatable bonds is 8. The van der Waals surface area contributed by atoms with Crippen molar-refractivity contribution in [2.75, 3.05) is 13.7 Å². The van der Waals surface area contributed by atoms with Gasteiger partial charge in [0.05, 0.1) is 13.7 Å². The molecule has 4 rings (SSSR count). The van der Waals surface area contributed by atoms with E-state index >= 15 is 0 Å². The summed E-state index contributed by atoms with van der Waals surface area (Å²) in [5.74, 6) is 3.09. The maximum atomic E-state index is 5.97. The third-order valence-electron chi connectivity index (χ3n) is 5.92. The molecule has 6 nitrogen and oxygen atoms in total. The van der Waals surface area contributed by atoms with E-state index in [0.717, 1.165) is 46.5 Å². The number of pyridine rings is 1. The van der Waals surface area contributed by atoms with Gasteiger partial charge in [0.15, 0.2) is 0 Å². The second kappa shape index (κ2) is 9.50. The lowest BCUT2D eigenvalue weighted by atomic mass is 10.0. The van der Waals surface area contributed by atoms with Gasteiger partial charge in [-0.05, 0) is 61.9 Å². The Balaban J connectivity index is 1.67. The van der Waals surface area contributed by atoms with E-state index in [2.05, 4.69) is 49.1 Å². The van der Waals surface area contributed by atoms with Crippen LogP contribution >= 0.6 is 0 Å². The zero-order valence-corrected chi connectivity index (χ0v) is 18.9. The van der Waals surface area contributed by atoms with Crippen LogP contribution < -0.4 is 9.47 Å². The lowest BCUT2D eigenvalue weighted by Crippen LogP contribution is -2.01. The van der Waals surface area contributed by atoms with Crippen molar-refractivity contribution >= 4 is 0 Å². The quantitative estimate of drug-likeness (QED) is 0.436. The molecule has 0 atom stereocenters. The third-order valence-corrected chi connectivity index (χ3v) is 5.92. The smallest absolute Gasteiger partial charge is 0.258 e. The van der Waals surface area contributed by atoms with Crippen LogP contribution in [0.3, 0.4) is 0 Å². The predicted molar refractivity (Wildman–Crippen MR) is 121 cm³/mol. The number of benzene rings is 1. The molecule has 0 amide bonds. The van der Waals surface area contributed by atoms with Crippen LogP contribution in [0, 0.1) is 6.92 Å². The Kier molecular flexibility index (Phi) is 6.54. The van der Waals surface area contributed by atoms with Gasteiger partial charge in [-0.25, -0.2) is 4.98 Å². The van der Waals surface area contributed by atoms with Crippen molar-refractivity contribution in [3.05, 3.63) is 41.1 Å². The van der Waals surface area contributed by atoms with E-state index in [4.69, 9.17) is 19.0 Å². The number of ether oxygens (including phenoxy) is 2. The van der Waals surface area contributed by atoms with Crippen molar-refractivity contribution in [3.8, 4) is 34.5 Å². The number of nitrogens with zero attached hydrogens (tertiary/aromatic N) is 3. The number of aryl methyl sites for hydroxylation is 2. The summed E-state index contributed by atoms with van der Waals surface area (Å²) in [5.41, 5.74) is 5.07. The van der Waals surface area contributed by atoms with E-state index < -0.39 is 0 Å².